The number of aromatic nitrogens is 6. The second kappa shape index (κ2) is 10.8. The van der Waals surface area contributed by atoms with Crippen LogP contribution >= 0.6 is 11.6 Å². The Hall–Kier alpha value is -4.08. The summed E-state index contributed by atoms with van der Waals surface area (Å²) in [5.74, 6) is 0.228. The highest BCUT2D eigenvalue weighted by Crippen LogP contribution is 2.37. The van der Waals surface area contributed by atoms with E-state index in [9.17, 15) is 26.4 Å². The zero-order valence-electron chi connectivity index (χ0n) is 21.0. The van der Waals surface area contributed by atoms with Crippen molar-refractivity contribution in [3.8, 4) is 28.4 Å². The van der Waals surface area contributed by atoms with Gasteiger partial charge in [-0.15, -0.1) is 0 Å². The lowest BCUT2D eigenvalue weighted by Gasteiger charge is -2.13. The van der Waals surface area contributed by atoms with Crippen LogP contribution in [0.25, 0.3) is 44.6 Å². The lowest BCUT2D eigenvalue weighted by atomic mass is 10.0. The second-order valence-electron chi connectivity index (χ2n) is 8.36. The van der Waals surface area contributed by atoms with Crippen molar-refractivity contribution in [2.24, 2.45) is 0 Å². The fourth-order valence-corrected chi connectivity index (χ4v) is 4.09. The van der Waals surface area contributed by atoms with E-state index in [0.717, 1.165) is 12.3 Å². The number of H-pyrrole nitrogens is 2. The number of hydrogen-bond donors (Lipinski definition) is 3. The molecule has 0 aliphatic carbocycles. The predicted molar refractivity (Wildman–Crippen MR) is 142 cm³/mol. The monoisotopic (exact) mass is 596 g/mol. The molecule has 11 nitrogen and oxygen atoms in total. The molecule has 210 valence electrons. The van der Waals surface area contributed by atoms with Gasteiger partial charge >= 0.3 is 6.18 Å². The number of nitrogens with zero attached hydrogens (tertiary/aromatic N) is 4. The Kier molecular flexibility index (Phi) is 7.83. The molecule has 0 fully saturated rings. The molecule has 5 rings (SSSR count). The minimum absolute atomic E-state index is 0.0582. The first kappa shape index (κ1) is 28.9. The molecule has 0 atom stereocenters. The third kappa shape index (κ3) is 6.21. The summed E-state index contributed by atoms with van der Waals surface area (Å²) in [6.45, 7) is 1.92. The molecule has 40 heavy (non-hydrogen) atoms. The molecule has 0 unspecified atom stereocenters. The largest absolute Gasteiger partial charge is 0.496 e. The first-order chi connectivity index (χ1) is 18.7. The van der Waals surface area contributed by atoms with Crippen LogP contribution in [0.1, 0.15) is 18.3 Å². The summed E-state index contributed by atoms with van der Waals surface area (Å²) < 4.78 is 70.5. The fourth-order valence-electron chi connectivity index (χ4n) is 3.88. The summed E-state index contributed by atoms with van der Waals surface area (Å²) >= 11 is 6.10. The van der Waals surface area contributed by atoms with Gasteiger partial charge in [0.1, 0.15) is 27.9 Å². The Morgan fingerprint density at radius 1 is 1.07 bits per heavy atom. The van der Waals surface area contributed by atoms with Gasteiger partial charge in [0.2, 0.25) is 0 Å². The molecular formula is C24H20ClF3N6O5S. The van der Waals surface area contributed by atoms with Crippen molar-refractivity contribution >= 4 is 43.7 Å². The van der Waals surface area contributed by atoms with E-state index in [0.29, 0.717) is 45.5 Å². The van der Waals surface area contributed by atoms with E-state index in [1.165, 1.54) is 13.3 Å². The summed E-state index contributed by atoms with van der Waals surface area (Å²) in [5.41, 5.74) is 1.54. The maximum Gasteiger partial charge on any atom is 0.433 e. The van der Waals surface area contributed by atoms with Crippen LogP contribution in [0.5, 0.6) is 5.75 Å². The van der Waals surface area contributed by atoms with E-state index in [2.05, 4.69) is 29.9 Å². The number of alkyl halides is 3. The van der Waals surface area contributed by atoms with Gasteiger partial charge < -0.3 is 14.7 Å². The zero-order chi connectivity index (χ0) is 29.4. The number of ether oxygens (including phenoxy) is 1. The quantitative estimate of drug-likeness (QED) is 0.197. The van der Waals surface area contributed by atoms with Crippen LogP contribution in [0, 0.1) is 0 Å². The summed E-state index contributed by atoms with van der Waals surface area (Å²) in [6.07, 6.45) is -0.840. The smallest absolute Gasteiger partial charge is 0.433 e. The molecule has 0 spiro atoms. The Balaban J connectivity index is 0.000000681. The lowest BCUT2D eigenvalue weighted by molar-refractivity contribution is -0.141. The van der Waals surface area contributed by atoms with Gasteiger partial charge in [0.05, 0.1) is 46.9 Å². The maximum absolute atomic E-state index is 13.1. The van der Waals surface area contributed by atoms with E-state index < -0.39 is 27.5 Å². The van der Waals surface area contributed by atoms with Crippen LogP contribution in [0.3, 0.4) is 0 Å². The molecule has 0 radical (unpaired) electrons. The van der Waals surface area contributed by atoms with Gasteiger partial charge in [-0.05, 0) is 18.6 Å². The molecule has 0 saturated carbocycles. The number of rotatable bonds is 4. The van der Waals surface area contributed by atoms with Gasteiger partial charge in [-0.1, -0.05) is 18.5 Å². The third-order valence-electron chi connectivity index (χ3n) is 5.50. The van der Waals surface area contributed by atoms with Crippen LogP contribution in [0.4, 0.5) is 13.2 Å². The minimum Gasteiger partial charge on any atom is -0.496 e. The van der Waals surface area contributed by atoms with Crippen molar-refractivity contribution in [3.05, 3.63) is 63.6 Å². The van der Waals surface area contributed by atoms with E-state index >= 15 is 0 Å². The van der Waals surface area contributed by atoms with Crippen molar-refractivity contribution < 1.29 is 30.9 Å². The Labute approximate surface area is 229 Å². The summed E-state index contributed by atoms with van der Waals surface area (Å²) in [6, 6.07) is 5.59. The van der Waals surface area contributed by atoms with Crippen molar-refractivity contribution in [1.82, 2.24) is 29.9 Å². The number of halogens is 4. The minimum atomic E-state index is -4.63. The van der Waals surface area contributed by atoms with Crippen LogP contribution < -0.4 is 10.3 Å². The second-order valence-corrected chi connectivity index (χ2v) is 10.2. The van der Waals surface area contributed by atoms with E-state index in [-0.39, 0.29) is 28.4 Å². The highest BCUT2D eigenvalue weighted by Gasteiger charge is 2.33. The van der Waals surface area contributed by atoms with Gasteiger partial charge in [-0.2, -0.15) is 21.6 Å². The van der Waals surface area contributed by atoms with Crippen LogP contribution in [0.2, 0.25) is 5.15 Å². The standard InChI is InChI=1S/C23H16ClF3N6O2.CH4O3S/c1-3-13-20-15(7-18(24)30-13)31-21(33-20)11-6-10-14(32-22(11)34)4-5-28-19(10)12-9-29-17(23(25,26)27)8-16(12)35-2;1-5(2,3)4/h4-9H,3H2,1-2H3,(H,31,33)(H,32,34);1H3,(H,2,3,4). The van der Waals surface area contributed by atoms with Crippen LogP contribution in [-0.4, -0.2) is 56.2 Å². The average Bonchev–Trinajstić information content (AvgIpc) is 3.29. The number of fused-ring (bicyclic) bond motifs is 2. The molecule has 5 heterocycles. The maximum atomic E-state index is 13.1. The molecule has 0 aromatic carbocycles. The molecule has 3 N–H and O–H groups in total. The van der Waals surface area contributed by atoms with E-state index in [1.807, 2.05) is 6.92 Å². The fraction of sp³-hybridized carbons (Fsp3) is 0.208. The van der Waals surface area contributed by atoms with Gasteiger partial charge in [0, 0.05) is 29.9 Å². The first-order valence-corrected chi connectivity index (χ1v) is 13.5. The Morgan fingerprint density at radius 3 is 2.40 bits per heavy atom. The zero-order valence-corrected chi connectivity index (χ0v) is 22.5. The lowest BCUT2D eigenvalue weighted by Crippen LogP contribution is -2.10. The van der Waals surface area contributed by atoms with E-state index in [4.69, 9.17) is 20.9 Å². The Bertz CT molecular complexity index is 1900. The number of nitrogens with one attached hydrogen (secondary N) is 2. The molecule has 5 aromatic rings. The topological polar surface area (TPSA) is 164 Å². The highest BCUT2D eigenvalue weighted by molar-refractivity contribution is 7.85. The molecular weight excluding hydrogens is 577 g/mol. The van der Waals surface area contributed by atoms with E-state index in [1.54, 1.807) is 18.2 Å². The van der Waals surface area contributed by atoms with Crippen molar-refractivity contribution in [2.45, 2.75) is 19.5 Å². The van der Waals surface area contributed by atoms with Crippen molar-refractivity contribution in [3.63, 3.8) is 0 Å². The SMILES string of the molecule is CCc1nc(Cl)cc2[nH]c(-c3cc4c(-c5cnc(C(F)(F)F)cc5OC)nccc4[nH]c3=O)nc12.CS(=O)(=O)O. The molecule has 0 saturated heterocycles. The van der Waals surface area contributed by atoms with Crippen molar-refractivity contribution in [1.29, 1.82) is 0 Å². The van der Waals surface area contributed by atoms with Crippen LogP contribution in [-0.2, 0) is 22.7 Å². The number of aryl methyl sites for hydroxylation is 1. The molecule has 0 aliphatic heterocycles. The van der Waals surface area contributed by atoms with Gasteiger partial charge in [0.15, 0.2) is 0 Å². The molecule has 0 aliphatic rings. The summed E-state index contributed by atoms with van der Waals surface area (Å²) in [5, 5.41) is 0.764. The number of methoxy groups -OCH3 is 1. The highest BCUT2D eigenvalue weighted by atomic mass is 35.5. The number of pyridine rings is 4. The van der Waals surface area contributed by atoms with Gasteiger partial charge in [-0.3, -0.25) is 19.3 Å². The molecule has 0 amide bonds. The molecule has 16 heteroatoms. The predicted octanol–water partition coefficient (Wildman–Crippen LogP) is 4.67. The summed E-state index contributed by atoms with van der Waals surface area (Å²) in [4.78, 5) is 35.5. The number of hydrogen-bond acceptors (Lipinski definition) is 8. The van der Waals surface area contributed by atoms with Gasteiger partial charge in [0.25, 0.3) is 15.7 Å². The molecule has 5 aromatic heterocycles. The van der Waals surface area contributed by atoms with Crippen molar-refractivity contribution in [2.75, 3.05) is 13.4 Å². The third-order valence-corrected chi connectivity index (χ3v) is 5.70. The van der Waals surface area contributed by atoms with Crippen LogP contribution in [0.15, 0.2) is 41.5 Å². The first-order valence-electron chi connectivity index (χ1n) is 11.3. The Morgan fingerprint density at radius 2 is 1.77 bits per heavy atom. The normalized spacial score (nSPS) is 11.9. The molecule has 0 bridgehead atoms. The summed E-state index contributed by atoms with van der Waals surface area (Å²) in [7, 11) is -2.41. The number of aromatic amines is 2. The number of imidazole rings is 1. The van der Waals surface area contributed by atoms with Gasteiger partial charge in [-0.25, -0.2) is 9.97 Å². The average molecular weight is 597 g/mol.